The van der Waals surface area contributed by atoms with Gasteiger partial charge in [0.15, 0.2) is 9.84 Å². The fraction of sp³-hybridized carbons (Fsp3) is 0.533. The van der Waals surface area contributed by atoms with Gasteiger partial charge in [0.2, 0.25) is 5.91 Å². The molecule has 0 radical (unpaired) electrons. The van der Waals surface area contributed by atoms with Crippen LogP contribution in [0.5, 0.6) is 0 Å². The predicted molar refractivity (Wildman–Crippen MR) is 82.7 cm³/mol. The Kier molecular flexibility index (Phi) is 5.00. The maximum Gasteiger partial charge on any atom is 0.224 e. The van der Waals surface area contributed by atoms with Gasteiger partial charge in [0.1, 0.15) is 0 Å². The van der Waals surface area contributed by atoms with Crippen molar-refractivity contribution in [1.29, 1.82) is 0 Å². The Morgan fingerprint density at radius 3 is 2.62 bits per heavy atom. The molecular formula is C15H22N2O3S. The third-order valence-electron chi connectivity index (χ3n) is 3.69. The molecule has 1 aliphatic rings. The first-order chi connectivity index (χ1) is 9.85. The van der Waals surface area contributed by atoms with Gasteiger partial charge in [0.05, 0.1) is 11.5 Å². The number of aryl methyl sites for hydroxylation is 1. The van der Waals surface area contributed by atoms with Crippen LogP contribution < -0.4 is 5.32 Å². The smallest absolute Gasteiger partial charge is 0.224 e. The molecule has 21 heavy (non-hydrogen) atoms. The van der Waals surface area contributed by atoms with Gasteiger partial charge in [-0.1, -0.05) is 29.8 Å². The van der Waals surface area contributed by atoms with E-state index in [9.17, 15) is 13.2 Å². The van der Waals surface area contributed by atoms with Crippen molar-refractivity contribution in [2.24, 2.45) is 0 Å². The zero-order valence-electron chi connectivity index (χ0n) is 12.5. The fourth-order valence-corrected chi connectivity index (χ4v) is 3.86. The summed E-state index contributed by atoms with van der Waals surface area (Å²) in [5.74, 6) is 0.179. The van der Waals surface area contributed by atoms with E-state index in [1.807, 2.05) is 31.2 Å². The molecule has 0 aliphatic carbocycles. The molecule has 6 heteroatoms. The van der Waals surface area contributed by atoms with Gasteiger partial charge in [-0.3, -0.25) is 4.79 Å². The minimum atomic E-state index is -3.00. The van der Waals surface area contributed by atoms with Crippen LogP contribution >= 0.6 is 0 Å². The van der Waals surface area contributed by atoms with Crippen molar-refractivity contribution in [3.8, 4) is 0 Å². The number of nitrogens with zero attached hydrogens (tertiary/aromatic N) is 1. The molecule has 1 saturated heterocycles. The van der Waals surface area contributed by atoms with Crippen molar-refractivity contribution in [2.45, 2.75) is 25.9 Å². The zero-order valence-corrected chi connectivity index (χ0v) is 13.3. The van der Waals surface area contributed by atoms with E-state index in [0.29, 0.717) is 13.1 Å². The normalized spacial score (nSPS) is 21.0. The predicted octanol–water partition coefficient (Wildman–Crippen LogP) is 0.730. The summed E-state index contributed by atoms with van der Waals surface area (Å²) in [5.41, 5.74) is 2.25. The largest absolute Gasteiger partial charge is 0.341 e. The second kappa shape index (κ2) is 6.58. The molecule has 2 rings (SSSR count). The molecule has 0 saturated carbocycles. The summed E-state index contributed by atoms with van der Waals surface area (Å²) in [6.45, 7) is 2.99. The molecule has 5 nitrogen and oxygen atoms in total. The van der Waals surface area contributed by atoms with E-state index in [2.05, 4.69) is 5.32 Å². The van der Waals surface area contributed by atoms with E-state index in [1.165, 1.54) is 5.56 Å². The maximum absolute atomic E-state index is 12.2. The van der Waals surface area contributed by atoms with Crippen LogP contribution in [0.3, 0.4) is 0 Å². The molecule has 1 N–H and O–H groups in total. The van der Waals surface area contributed by atoms with Gasteiger partial charge in [-0.2, -0.15) is 0 Å². The van der Waals surface area contributed by atoms with Gasteiger partial charge < -0.3 is 10.2 Å². The molecule has 1 unspecified atom stereocenters. The average Bonchev–Trinajstić information content (AvgIpc) is 2.40. The van der Waals surface area contributed by atoms with Crippen molar-refractivity contribution >= 4 is 15.7 Å². The number of hydrogen-bond acceptors (Lipinski definition) is 4. The standard InChI is InChI=1S/C15H22N2O3S/c1-12-3-5-13(6-4-12)10-17(2)15(18)9-14-11-21(19,20)8-7-16-14/h3-6,14,16H,7-11H2,1-2H3. The second-order valence-electron chi connectivity index (χ2n) is 5.70. The SMILES string of the molecule is Cc1ccc(CN(C)C(=O)CC2CS(=O)(=O)CCN2)cc1. The van der Waals surface area contributed by atoms with Crippen LogP contribution in [0.4, 0.5) is 0 Å². The monoisotopic (exact) mass is 310 g/mol. The Morgan fingerprint density at radius 1 is 1.33 bits per heavy atom. The van der Waals surface area contributed by atoms with Crippen LogP contribution in [0.2, 0.25) is 0 Å². The van der Waals surface area contributed by atoms with Crippen molar-refractivity contribution in [3.63, 3.8) is 0 Å². The number of carbonyl (C=O) groups excluding carboxylic acids is 1. The maximum atomic E-state index is 12.2. The third-order valence-corrected chi connectivity index (χ3v) is 5.42. The highest BCUT2D eigenvalue weighted by atomic mass is 32.2. The van der Waals surface area contributed by atoms with E-state index in [4.69, 9.17) is 0 Å². The van der Waals surface area contributed by atoms with E-state index in [1.54, 1.807) is 11.9 Å². The minimum absolute atomic E-state index is 0.0369. The molecule has 1 aromatic rings. The second-order valence-corrected chi connectivity index (χ2v) is 7.93. The number of rotatable bonds is 4. The molecule has 1 heterocycles. The quantitative estimate of drug-likeness (QED) is 0.890. The summed E-state index contributed by atoms with van der Waals surface area (Å²) < 4.78 is 23.1. The zero-order chi connectivity index (χ0) is 15.5. The van der Waals surface area contributed by atoms with Gasteiger partial charge in [-0.25, -0.2) is 8.42 Å². The van der Waals surface area contributed by atoms with Crippen LogP contribution in [-0.2, 0) is 21.2 Å². The molecule has 0 spiro atoms. The van der Waals surface area contributed by atoms with Crippen LogP contribution in [0.15, 0.2) is 24.3 Å². The summed E-state index contributed by atoms with van der Waals surface area (Å²) in [5, 5.41) is 3.11. The lowest BCUT2D eigenvalue weighted by Crippen LogP contribution is -2.47. The van der Waals surface area contributed by atoms with Crippen molar-refractivity contribution in [1.82, 2.24) is 10.2 Å². The number of sulfone groups is 1. The lowest BCUT2D eigenvalue weighted by molar-refractivity contribution is -0.130. The number of hydrogen-bond donors (Lipinski definition) is 1. The number of amides is 1. The van der Waals surface area contributed by atoms with E-state index in [-0.39, 0.29) is 29.9 Å². The molecule has 1 fully saturated rings. The molecule has 0 aromatic heterocycles. The lowest BCUT2D eigenvalue weighted by atomic mass is 10.1. The topological polar surface area (TPSA) is 66.5 Å². The molecule has 1 atom stereocenters. The lowest BCUT2D eigenvalue weighted by Gasteiger charge is -2.25. The highest BCUT2D eigenvalue weighted by Gasteiger charge is 2.26. The van der Waals surface area contributed by atoms with Crippen molar-refractivity contribution < 1.29 is 13.2 Å². The van der Waals surface area contributed by atoms with Crippen LogP contribution in [-0.4, -0.2) is 50.4 Å². The Bertz CT molecular complexity index is 596. The summed E-state index contributed by atoms with van der Waals surface area (Å²) in [6, 6.07) is 7.77. The van der Waals surface area contributed by atoms with E-state index in [0.717, 1.165) is 5.56 Å². The Morgan fingerprint density at radius 2 is 2.00 bits per heavy atom. The van der Waals surface area contributed by atoms with Crippen molar-refractivity contribution in [3.05, 3.63) is 35.4 Å². The van der Waals surface area contributed by atoms with Gasteiger partial charge in [-0.15, -0.1) is 0 Å². The summed E-state index contributed by atoms with van der Waals surface area (Å²) in [7, 11) is -1.25. The molecule has 1 aromatic carbocycles. The van der Waals surface area contributed by atoms with Gasteiger partial charge >= 0.3 is 0 Å². The molecule has 1 aliphatic heterocycles. The van der Waals surface area contributed by atoms with Gasteiger partial charge in [-0.05, 0) is 12.5 Å². The summed E-state index contributed by atoms with van der Waals surface area (Å²) in [6.07, 6.45) is 0.224. The highest BCUT2D eigenvalue weighted by molar-refractivity contribution is 7.91. The third kappa shape index (κ3) is 4.82. The Balaban J connectivity index is 1.89. The van der Waals surface area contributed by atoms with Crippen LogP contribution in [0, 0.1) is 6.92 Å². The number of benzene rings is 1. The molecular weight excluding hydrogens is 288 g/mol. The molecule has 116 valence electrons. The Hall–Kier alpha value is -1.40. The van der Waals surface area contributed by atoms with Crippen molar-refractivity contribution in [2.75, 3.05) is 25.1 Å². The number of carbonyl (C=O) groups is 1. The van der Waals surface area contributed by atoms with Crippen LogP contribution in [0.25, 0.3) is 0 Å². The van der Waals surface area contributed by atoms with E-state index < -0.39 is 9.84 Å². The minimum Gasteiger partial charge on any atom is -0.341 e. The summed E-state index contributed by atoms with van der Waals surface area (Å²) >= 11 is 0. The summed E-state index contributed by atoms with van der Waals surface area (Å²) in [4.78, 5) is 13.8. The number of nitrogens with one attached hydrogen (secondary N) is 1. The van der Waals surface area contributed by atoms with E-state index >= 15 is 0 Å². The Labute approximate surface area is 126 Å². The average molecular weight is 310 g/mol. The first kappa shape index (κ1) is 16.0. The first-order valence-corrected chi connectivity index (χ1v) is 8.91. The molecule has 0 bridgehead atoms. The highest BCUT2D eigenvalue weighted by Crippen LogP contribution is 2.10. The van der Waals surface area contributed by atoms with Gasteiger partial charge in [0, 0.05) is 32.6 Å². The first-order valence-electron chi connectivity index (χ1n) is 7.09. The molecule has 1 amide bonds. The fourth-order valence-electron chi connectivity index (χ4n) is 2.42. The van der Waals surface area contributed by atoms with Gasteiger partial charge in [0.25, 0.3) is 0 Å². The van der Waals surface area contributed by atoms with Crippen LogP contribution in [0.1, 0.15) is 17.5 Å².